The molecule has 0 amide bonds. The molecule has 280 valence electrons. The number of rotatable bonds is 12. The highest BCUT2D eigenvalue weighted by molar-refractivity contribution is 5.78. The number of carbonyl (C=O) groups excluding carboxylic acids is 6. The van der Waals surface area contributed by atoms with Crippen LogP contribution in [-0.4, -0.2) is 94.4 Å². The number of hydrogen-bond acceptors (Lipinski definition) is 14. The molecule has 50 heavy (non-hydrogen) atoms. The molecule has 2 N–H and O–H groups in total. The van der Waals surface area contributed by atoms with Crippen LogP contribution in [-0.2, 0) is 57.2 Å². The van der Waals surface area contributed by atoms with Gasteiger partial charge in [0.05, 0.1) is 11.3 Å². The lowest BCUT2D eigenvalue weighted by atomic mass is 9.51. The molecule has 2 fully saturated rings. The molecule has 10 atom stereocenters. The van der Waals surface area contributed by atoms with Crippen LogP contribution in [0.25, 0.3) is 0 Å². The maximum absolute atomic E-state index is 13.2. The molecule has 14 heteroatoms. The highest BCUT2D eigenvalue weighted by Gasteiger charge is 2.72. The molecule has 14 nitrogen and oxygen atoms in total. The van der Waals surface area contributed by atoms with Crippen LogP contribution < -0.4 is 0 Å². The number of aliphatic hydroxyl groups is 2. The molecule has 1 saturated heterocycles. The Balaban J connectivity index is 2.30. The van der Waals surface area contributed by atoms with Gasteiger partial charge in [-0.05, 0) is 38.0 Å². The maximum Gasteiger partial charge on any atom is 0.312 e. The van der Waals surface area contributed by atoms with Crippen molar-refractivity contribution in [1.82, 2.24) is 0 Å². The van der Waals surface area contributed by atoms with E-state index >= 15 is 0 Å². The molecule has 1 saturated carbocycles. The SMILES string of the molecule is CCCCCCCC(=O)OCC1=C/C2OC(=O)C(C)[C@]2(O)[C@H](OC(C)=O)C2[C@](C)(O)C(OC(C)=O)CC(OC(C)=O)[C@]2(C)[C@H](OC(C)=O)/C=C\1. The number of unbranched alkanes of at least 4 members (excludes halogenated alkanes) is 4. The Morgan fingerprint density at radius 1 is 0.860 bits per heavy atom. The van der Waals surface area contributed by atoms with E-state index in [1.807, 2.05) is 0 Å². The van der Waals surface area contributed by atoms with E-state index in [9.17, 15) is 39.0 Å². The molecule has 0 aromatic heterocycles. The van der Waals surface area contributed by atoms with Gasteiger partial charge in [0.1, 0.15) is 36.6 Å². The summed E-state index contributed by atoms with van der Waals surface area (Å²) in [6.07, 6.45) is 1.32. The fourth-order valence-electron chi connectivity index (χ4n) is 7.61. The van der Waals surface area contributed by atoms with Gasteiger partial charge >= 0.3 is 35.8 Å². The Morgan fingerprint density at radius 3 is 2.02 bits per heavy atom. The van der Waals surface area contributed by atoms with Crippen LogP contribution in [0.15, 0.2) is 23.8 Å². The zero-order chi connectivity index (χ0) is 37.6. The number of hydrogen-bond donors (Lipinski definition) is 2. The fourth-order valence-corrected chi connectivity index (χ4v) is 7.61. The summed E-state index contributed by atoms with van der Waals surface area (Å²) in [5.74, 6) is -7.52. The Bertz CT molecular complexity index is 1370. The lowest BCUT2D eigenvalue weighted by Gasteiger charge is -2.60. The van der Waals surface area contributed by atoms with Gasteiger partial charge in [-0.25, -0.2) is 0 Å². The number of ether oxygens (including phenoxy) is 6. The summed E-state index contributed by atoms with van der Waals surface area (Å²) in [6, 6.07) is 0. The summed E-state index contributed by atoms with van der Waals surface area (Å²) in [5.41, 5.74) is -6.12. The van der Waals surface area contributed by atoms with Gasteiger partial charge in [-0.15, -0.1) is 0 Å². The van der Waals surface area contributed by atoms with Crippen LogP contribution in [0.4, 0.5) is 0 Å². The summed E-state index contributed by atoms with van der Waals surface area (Å²) in [5, 5.41) is 25.1. The normalized spacial score (nSPS) is 36.6. The first-order chi connectivity index (χ1) is 23.3. The third kappa shape index (κ3) is 8.74. The van der Waals surface area contributed by atoms with Gasteiger partial charge in [0.25, 0.3) is 0 Å². The van der Waals surface area contributed by atoms with Gasteiger partial charge in [-0.1, -0.05) is 45.6 Å². The third-order valence-electron chi connectivity index (χ3n) is 10.1. The lowest BCUT2D eigenvalue weighted by molar-refractivity contribution is -0.286. The van der Waals surface area contributed by atoms with Gasteiger partial charge < -0.3 is 38.6 Å². The van der Waals surface area contributed by atoms with E-state index in [2.05, 4.69) is 6.92 Å². The zero-order valence-corrected chi connectivity index (χ0v) is 30.2. The average Bonchev–Trinajstić information content (AvgIpc) is 3.22. The quantitative estimate of drug-likeness (QED) is 0.170. The molecule has 0 aromatic rings. The first-order valence-corrected chi connectivity index (χ1v) is 17.2. The van der Waals surface area contributed by atoms with Gasteiger partial charge in [0, 0.05) is 46.5 Å². The summed E-state index contributed by atoms with van der Waals surface area (Å²) in [4.78, 5) is 76.3. The van der Waals surface area contributed by atoms with E-state index in [1.54, 1.807) is 0 Å². The highest BCUT2D eigenvalue weighted by atomic mass is 16.6. The molecule has 0 aromatic carbocycles. The third-order valence-corrected chi connectivity index (χ3v) is 10.1. The molecule has 1 aliphatic heterocycles. The molecule has 0 bridgehead atoms. The second-order valence-corrected chi connectivity index (χ2v) is 14.0. The minimum absolute atomic E-state index is 0.174. The van der Waals surface area contributed by atoms with E-state index in [0.717, 1.165) is 53.4 Å². The zero-order valence-electron chi connectivity index (χ0n) is 30.2. The molecule has 3 aliphatic rings. The monoisotopic (exact) mass is 708 g/mol. The Labute approximate surface area is 292 Å². The molecule has 5 unspecified atom stereocenters. The topological polar surface area (TPSA) is 198 Å². The molecule has 0 spiro atoms. The van der Waals surface area contributed by atoms with Crippen molar-refractivity contribution in [3.8, 4) is 0 Å². The minimum atomic E-state index is -2.42. The maximum atomic E-state index is 13.2. The van der Waals surface area contributed by atoms with Crippen molar-refractivity contribution in [2.24, 2.45) is 17.3 Å². The fraction of sp³-hybridized carbons (Fsp3) is 0.722. The second-order valence-electron chi connectivity index (χ2n) is 14.0. The van der Waals surface area contributed by atoms with E-state index in [0.29, 0.717) is 6.42 Å². The van der Waals surface area contributed by atoms with Crippen molar-refractivity contribution >= 4 is 35.8 Å². The summed E-state index contributed by atoms with van der Waals surface area (Å²) >= 11 is 0. The van der Waals surface area contributed by atoms with Gasteiger partial charge in [0.2, 0.25) is 0 Å². The molecule has 3 rings (SSSR count). The van der Waals surface area contributed by atoms with Crippen LogP contribution in [0.3, 0.4) is 0 Å². The molecule has 2 aliphatic carbocycles. The number of fused-ring (bicyclic) bond motifs is 2. The Kier molecular flexibility index (Phi) is 13.4. The van der Waals surface area contributed by atoms with Crippen molar-refractivity contribution in [1.29, 1.82) is 0 Å². The van der Waals surface area contributed by atoms with Crippen LogP contribution in [0, 0.1) is 17.3 Å². The van der Waals surface area contributed by atoms with E-state index < -0.39 is 94.8 Å². The van der Waals surface area contributed by atoms with Crippen LogP contribution in [0.2, 0.25) is 0 Å². The minimum Gasteiger partial charge on any atom is -0.462 e. The van der Waals surface area contributed by atoms with Crippen molar-refractivity contribution in [2.75, 3.05) is 6.61 Å². The van der Waals surface area contributed by atoms with Crippen molar-refractivity contribution in [3.05, 3.63) is 23.8 Å². The van der Waals surface area contributed by atoms with Crippen LogP contribution >= 0.6 is 0 Å². The van der Waals surface area contributed by atoms with Gasteiger partial charge in [-0.2, -0.15) is 0 Å². The van der Waals surface area contributed by atoms with Crippen LogP contribution in [0.5, 0.6) is 0 Å². The highest BCUT2D eigenvalue weighted by Crippen LogP contribution is 2.58. The van der Waals surface area contributed by atoms with E-state index in [1.165, 1.54) is 39.0 Å². The van der Waals surface area contributed by atoms with E-state index in [-0.39, 0.29) is 25.0 Å². The largest absolute Gasteiger partial charge is 0.462 e. The molecule has 1 heterocycles. The average molecular weight is 709 g/mol. The summed E-state index contributed by atoms with van der Waals surface area (Å²) in [6.45, 7) is 10.4. The van der Waals surface area contributed by atoms with Gasteiger partial charge in [-0.3, -0.25) is 28.8 Å². The lowest BCUT2D eigenvalue weighted by Crippen LogP contribution is -2.74. The molecular formula is C36H52O14. The summed E-state index contributed by atoms with van der Waals surface area (Å²) < 4.78 is 34.2. The Morgan fingerprint density at radius 2 is 1.44 bits per heavy atom. The van der Waals surface area contributed by atoms with Crippen molar-refractivity contribution in [2.45, 2.75) is 142 Å². The van der Waals surface area contributed by atoms with Crippen LogP contribution in [0.1, 0.15) is 100 Å². The molecule has 0 radical (unpaired) electrons. The first-order valence-electron chi connectivity index (χ1n) is 17.2. The first kappa shape index (κ1) is 40.6. The van der Waals surface area contributed by atoms with Gasteiger partial charge in [0.15, 0.2) is 11.7 Å². The van der Waals surface area contributed by atoms with Crippen molar-refractivity contribution < 1.29 is 67.4 Å². The predicted molar refractivity (Wildman–Crippen MR) is 175 cm³/mol. The molecular weight excluding hydrogens is 656 g/mol. The second kappa shape index (κ2) is 16.5. The Hall–Kier alpha value is -3.78. The predicted octanol–water partition coefficient (Wildman–Crippen LogP) is 3.18. The standard InChI is InChI=1S/C36H52O14/c1-9-10-11-12-13-14-30(41)45-19-25-15-16-26(46-21(3)37)34(7)27(47-22(4)38)18-28(48-23(5)39)35(8,43)31(34)32(49-24(6)40)36(44)20(2)33(42)50-29(36)17-25/h15-17,20,26-29,31-32,43-44H,9-14,18-19H2,1-8H3/b16-15-,25-17+/t20?,26-,27?,28?,29?,31?,32-,34+,35-,36-/m1/s1. The smallest absolute Gasteiger partial charge is 0.312 e. The van der Waals surface area contributed by atoms with Crippen molar-refractivity contribution in [3.63, 3.8) is 0 Å². The number of esters is 6. The number of carbonyl (C=O) groups is 6. The summed E-state index contributed by atoms with van der Waals surface area (Å²) in [7, 11) is 0. The van der Waals surface area contributed by atoms with E-state index in [4.69, 9.17) is 28.4 Å².